The number of aromatic nitrogens is 2. The lowest BCUT2D eigenvalue weighted by atomic mass is 10.1. The molecule has 6 heteroatoms. The van der Waals surface area contributed by atoms with Crippen LogP contribution in [0.4, 0.5) is 4.39 Å². The number of halogens is 1. The summed E-state index contributed by atoms with van der Waals surface area (Å²) in [5, 5.41) is 5.38. The molecule has 1 aromatic heterocycles. The average Bonchev–Trinajstić information content (AvgIpc) is 3.07. The summed E-state index contributed by atoms with van der Waals surface area (Å²) in [6.45, 7) is 0. The summed E-state index contributed by atoms with van der Waals surface area (Å²) in [5.74, 6) is -0.177. The molecule has 3 aromatic carbocycles. The third-order valence-electron chi connectivity index (χ3n) is 4.26. The molecule has 134 valence electrons. The van der Waals surface area contributed by atoms with Crippen LogP contribution in [0.15, 0.2) is 72.8 Å². The predicted octanol–water partition coefficient (Wildman–Crippen LogP) is 4.23. The highest BCUT2D eigenvalue weighted by molar-refractivity contribution is 6.03. The number of benzene rings is 3. The molecule has 0 aliphatic heterocycles. The Hall–Kier alpha value is -3.67. The number of nitrogens with one attached hydrogen (secondary N) is 1. The maximum absolute atomic E-state index is 13.3. The Morgan fingerprint density at radius 3 is 2.48 bits per heavy atom. The second kappa shape index (κ2) is 6.92. The molecule has 0 aliphatic carbocycles. The Morgan fingerprint density at radius 1 is 1.00 bits per heavy atom. The highest BCUT2D eigenvalue weighted by Crippen LogP contribution is 2.28. The quantitative estimate of drug-likeness (QED) is 0.592. The third-order valence-corrected chi connectivity index (χ3v) is 4.26. The van der Waals surface area contributed by atoms with Gasteiger partial charge in [-0.15, -0.1) is 0 Å². The minimum atomic E-state index is -0.341. The van der Waals surface area contributed by atoms with Gasteiger partial charge in [-0.25, -0.2) is 9.82 Å². The van der Waals surface area contributed by atoms with Crippen LogP contribution in [0, 0.1) is 5.82 Å². The maximum Gasteiger partial charge on any atom is 0.275 e. The van der Waals surface area contributed by atoms with Crippen LogP contribution in [0.5, 0.6) is 5.75 Å². The third kappa shape index (κ3) is 3.13. The summed E-state index contributed by atoms with van der Waals surface area (Å²) in [6.07, 6.45) is 0. The van der Waals surface area contributed by atoms with Crippen molar-refractivity contribution in [1.82, 2.24) is 9.89 Å². The normalized spacial score (nSPS) is 10.7. The van der Waals surface area contributed by atoms with Gasteiger partial charge < -0.3 is 4.74 Å². The van der Waals surface area contributed by atoms with Crippen molar-refractivity contribution in [2.24, 2.45) is 0 Å². The molecule has 4 rings (SSSR count). The van der Waals surface area contributed by atoms with Crippen molar-refractivity contribution in [2.45, 2.75) is 0 Å². The van der Waals surface area contributed by atoms with E-state index in [1.54, 1.807) is 36.4 Å². The molecule has 0 saturated heterocycles. The van der Waals surface area contributed by atoms with Gasteiger partial charge in [-0.05, 0) is 42.5 Å². The Labute approximate surface area is 155 Å². The fourth-order valence-electron chi connectivity index (χ4n) is 2.96. The number of rotatable bonds is 4. The van der Waals surface area contributed by atoms with Crippen LogP contribution in [0.2, 0.25) is 0 Å². The van der Waals surface area contributed by atoms with E-state index in [0.29, 0.717) is 17.0 Å². The van der Waals surface area contributed by atoms with Gasteiger partial charge in [0, 0.05) is 10.9 Å². The van der Waals surface area contributed by atoms with E-state index in [1.807, 2.05) is 24.3 Å². The number of para-hydroxylation sites is 2. The number of methoxy groups -OCH3 is 1. The van der Waals surface area contributed by atoms with Crippen LogP contribution in [0.1, 0.15) is 10.4 Å². The SMILES string of the molecule is COc1ccccc1C(=O)Nn1nc(-c2ccc(F)cc2)c2ccccc21. The van der Waals surface area contributed by atoms with E-state index in [-0.39, 0.29) is 11.7 Å². The minimum absolute atomic E-state index is 0.313. The lowest BCUT2D eigenvalue weighted by molar-refractivity contribution is 0.100. The Morgan fingerprint density at radius 2 is 1.70 bits per heavy atom. The van der Waals surface area contributed by atoms with Crippen molar-refractivity contribution in [1.29, 1.82) is 0 Å². The molecule has 0 saturated carbocycles. The smallest absolute Gasteiger partial charge is 0.275 e. The molecule has 0 spiro atoms. The van der Waals surface area contributed by atoms with E-state index in [0.717, 1.165) is 16.5 Å². The van der Waals surface area contributed by atoms with Gasteiger partial charge in [-0.1, -0.05) is 30.3 Å². The summed E-state index contributed by atoms with van der Waals surface area (Å²) in [4.78, 5) is 14.2. The summed E-state index contributed by atoms with van der Waals surface area (Å²) in [5.41, 5.74) is 5.35. The standard InChI is InChI=1S/C21H16FN3O2/c1-27-19-9-5-3-7-17(19)21(26)24-25-18-8-4-2-6-16(18)20(23-25)14-10-12-15(22)13-11-14/h2-13H,1H3,(H,24,26). The van der Waals surface area contributed by atoms with Crippen molar-refractivity contribution < 1.29 is 13.9 Å². The van der Waals surface area contributed by atoms with E-state index in [9.17, 15) is 9.18 Å². The van der Waals surface area contributed by atoms with E-state index < -0.39 is 0 Å². The van der Waals surface area contributed by atoms with E-state index >= 15 is 0 Å². The van der Waals surface area contributed by atoms with Crippen molar-refractivity contribution in [3.63, 3.8) is 0 Å². The molecule has 0 radical (unpaired) electrons. The van der Waals surface area contributed by atoms with Crippen LogP contribution >= 0.6 is 0 Å². The van der Waals surface area contributed by atoms with Gasteiger partial charge in [0.25, 0.3) is 5.91 Å². The first kappa shape index (κ1) is 16.8. The van der Waals surface area contributed by atoms with E-state index in [2.05, 4.69) is 10.5 Å². The van der Waals surface area contributed by atoms with Crippen LogP contribution < -0.4 is 10.2 Å². The lowest BCUT2D eigenvalue weighted by Crippen LogP contribution is -2.24. The number of hydrogen-bond acceptors (Lipinski definition) is 3. The number of carbonyl (C=O) groups excluding carboxylic acids is 1. The highest BCUT2D eigenvalue weighted by atomic mass is 19.1. The number of carbonyl (C=O) groups is 1. The zero-order chi connectivity index (χ0) is 18.8. The minimum Gasteiger partial charge on any atom is -0.496 e. The summed E-state index contributed by atoms with van der Waals surface area (Å²) >= 11 is 0. The van der Waals surface area contributed by atoms with Gasteiger partial charge in [0.05, 0.1) is 18.2 Å². The molecule has 0 atom stereocenters. The predicted molar refractivity (Wildman–Crippen MR) is 102 cm³/mol. The molecule has 0 aliphatic rings. The van der Waals surface area contributed by atoms with Crippen molar-refractivity contribution in [2.75, 3.05) is 12.5 Å². The zero-order valence-electron chi connectivity index (χ0n) is 14.5. The summed E-state index contributed by atoms with van der Waals surface area (Å²) < 4.78 is 18.5. The topological polar surface area (TPSA) is 56.1 Å². The molecule has 0 bridgehead atoms. The highest BCUT2D eigenvalue weighted by Gasteiger charge is 2.16. The van der Waals surface area contributed by atoms with Gasteiger partial charge in [0.15, 0.2) is 0 Å². The zero-order valence-corrected chi connectivity index (χ0v) is 14.5. The maximum atomic E-state index is 13.3. The number of ether oxygens (including phenoxy) is 1. The van der Waals surface area contributed by atoms with Gasteiger partial charge in [-0.3, -0.25) is 4.79 Å². The first-order valence-corrected chi connectivity index (χ1v) is 8.35. The van der Waals surface area contributed by atoms with Crippen LogP contribution in [-0.2, 0) is 0 Å². The number of hydrogen-bond donors (Lipinski definition) is 1. The van der Waals surface area contributed by atoms with E-state index in [1.165, 1.54) is 24.0 Å². The molecule has 1 N–H and O–H groups in total. The fourth-order valence-corrected chi connectivity index (χ4v) is 2.96. The lowest BCUT2D eigenvalue weighted by Gasteiger charge is -2.09. The van der Waals surface area contributed by atoms with E-state index in [4.69, 9.17) is 4.74 Å². The second-order valence-corrected chi connectivity index (χ2v) is 5.93. The summed E-state index contributed by atoms with van der Waals surface area (Å²) in [7, 11) is 1.52. The van der Waals surface area contributed by atoms with Crippen molar-refractivity contribution in [3.05, 3.63) is 84.2 Å². The van der Waals surface area contributed by atoms with Crippen molar-refractivity contribution >= 4 is 16.8 Å². The Balaban J connectivity index is 1.76. The first-order valence-electron chi connectivity index (χ1n) is 8.35. The molecule has 0 fully saturated rings. The van der Waals surface area contributed by atoms with Crippen LogP contribution in [0.25, 0.3) is 22.2 Å². The number of amides is 1. The van der Waals surface area contributed by atoms with Crippen LogP contribution in [-0.4, -0.2) is 22.9 Å². The Kier molecular flexibility index (Phi) is 4.30. The molecule has 27 heavy (non-hydrogen) atoms. The molecule has 0 unspecified atom stereocenters. The fraction of sp³-hybridized carbons (Fsp3) is 0.0476. The molecule has 5 nitrogen and oxygen atoms in total. The van der Waals surface area contributed by atoms with Gasteiger partial charge >= 0.3 is 0 Å². The van der Waals surface area contributed by atoms with Gasteiger partial charge in [-0.2, -0.15) is 9.89 Å². The number of nitrogens with zero attached hydrogens (tertiary/aromatic N) is 2. The first-order chi connectivity index (χ1) is 13.2. The second-order valence-electron chi connectivity index (χ2n) is 5.93. The van der Waals surface area contributed by atoms with Gasteiger partial charge in [0.2, 0.25) is 0 Å². The molecule has 4 aromatic rings. The summed E-state index contributed by atoms with van der Waals surface area (Å²) in [6, 6.07) is 20.6. The molecule has 1 amide bonds. The van der Waals surface area contributed by atoms with Crippen molar-refractivity contribution in [3.8, 4) is 17.0 Å². The average molecular weight is 361 g/mol. The molecular weight excluding hydrogens is 345 g/mol. The number of fused-ring (bicyclic) bond motifs is 1. The molecule has 1 heterocycles. The Bertz CT molecular complexity index is 1120. The molecular formula is C21H16FN3O2. The van der Waals surface area contributed by atoms with Gasteiger partial charge in [0.1, 0.15) is 17.3 Å². The van der Waals surface area contributed by atoms with Crippen LogP contribution in [0.3, 0.4) is 0 Å². The monoisotopic (exact) mass is 361 g/mol. The largest absolute Gasteiger partial charge is 0.496 e.